The highest BCUT2D eigenvalue weighted by atomic mass is 19.1. The van der Waals surface area contributed by atoms with Crippen LogP contribution < -0.4 is 0 Å². The van der Waals surface area contributed by atoms with Crippen molar-refractivity contribution in [2.75, 3.05) is 6.54 Å². The highest BCUT2D eigenvalue weighted by molar-refractivity contribution is 5.67. The maximum absolute atomic E-state index is 13.7. The van der Waals surface area contributed by atoms with Gasteiger partial charge in [0.15, 0.2) is 0 Å². The van der Waals surface area contributed by atoms with Gasteiger partial charge in [-0.25, -0.2) is 4.39 Å². The molecule has 4 heteroatoms. The standard InChI is InChI=1S/C14H18FNO2/c1-10-4-5-13(15)11(7-10)9-16-6-2-3-12(16)8-14(17)18/h4-5,7,12H,2-3,6,8-9H2,1H3,(H,17,18). The van der Waals surface area contributed by atoms with Crippen LogP contribution in [0.1, 0.15) is 30.4 Å². The lowest BCUT2D eigenvalue weighted by Gasteiger charge is -2.23. The van der Waals surface area contributed by atoms with Crippen molar-refractivity contribution in [1.29, 1.82) is 0 Å². The van der Waals surface area contributed by atoms with Gasteiger partial charge < -0.3 is 5.11 Å². The second-order valence-corrected chi connectivity index (χ2v) is 4.96. The predicted octanol–water partition coefficient (Wildman–Crippen LogP) is 2.57. The molecule has 1 heterocycles. The molecule has 1 atom stereocenters. The smallest absolute Gasteiger partial charge is 0.304 e. The molecule has 1 unspecified atom stereocenters. The molecule has 1 aromatic carbocycles. The normalized spacial score (nSPS) is 20.2. The first-order valence-corrected chi connectivity index (χ1v) is 6.27. The Bertz CT molecular complexity index is 447. The summed E-state index contributed by atoms with van der Waals surface area (Å²) in [6.07, 6.45) is 2.03. The molecular formula is C14H18FNO2. The summed E-state index contributed by atoms with van der Waals surface area (Å²) in [5, 5.41) is 8.86. The van der Waals surface area contributed by atoms with Crippen molar-refractivity contribution >= 4 is 5.97 Å². The van der Waals surface area contributed by atoms with Crippen molar-refractivity contribution < 1.29 is 14.3 Å². The lowest BCUT2D eigenvalue weighted by molar-refractivity contribution is -0.138. The second-order valence-electron chi connectivity index (χ2n) is 4.96. The number of carbonyl (C=O) groups is 1. The minimum absolute atomic E-state index is 0.0439. The van der Waals surface area contributed by atoms with E-state index in [1.807, 2.05) is 13.0 Å². The molecule has 0 aliphatic carbocycles. The molecule has 0 spiro atoms. The van der Waals surface area contributed by atoms with Crippen molar-refractivity contribution in [1.82, 2.24) is 4.90 Å². The monoisotopic (exact) mass is 251 g/mol. The Morgan fingerprint density at radius 1 is 1.56 bits per heavy atom. The molecule has 3 nitrogen and oxygen atoms in total. The number of rotatable bonds is 4. The molecule has 0 radical (unpaired) electrons. The number of likely N-dealkylation sites (tertiary alicyclic amines) is 1. The number of hydrogen-bond donors (Lipinski definition) is 1. The minimum atomic E-state index is -0.781. The number of aliphatic carboxylic acids is 1. The van der Waals surface area contributed by atoms with Crippen LogP contribution >= 0.6 is 0 Å². The van der Waals surface area contributed by atoms with Gasteiger partial charge in [0, 0.05) is 18.2 Å². The van der Waals surface area contributed by atoms with Gasteiger partial charge in [0.05, 0.1) is 6.42 Å². The highest BCUT2D eigenvalue weighted by Gasteiger charge is 2.27. The Hall–Kier alpha value is -1.42. The van der Waals surface area contributed by atoms with Crippen LogP contribution in [0, 0.1) is 12.7 Å². The Kier molecular flexibility index (Phi) is 3.97. The van der Waals surface area contributed by atoms with E-state index in [0.717, 1.165) is 24.9 Å². The summed E-state index contributed by atoms with van der Waals surface area (Å²) >= 11 is 0. The van der Waals surface area contributed by atoms with Crippen LogP contribution in [-0.4, -0.2) is 28.6 Å². The van der Waals surface area contributed by atoms with Crippen LogP contribution in [-0.2, 0) is 11.3 Å². The van der Waals surface area contributed by atoms with Gasteiger partial charge in [-0.15, -0.1) is 0 Å². The maximum atomic E-state index is 13.7. The van der Waals surface area contributed by atoms with Crippen LogP contribution in [0.25, 0.3) is 0 Å². The number of hydrogen-bond acceptors (Lipinski definition) is 2. The molecule has 2 rings (SSSR count). The van der Waals surface area contributed by atoms with E-state index in [-0.39, 0.29) is 18.3 Å². The molecule has 0 aromatic heterocycles. The van der Waals surface area contributed by atoms with Gasteiger partial charge in [0.25, 0.3) is 0 Å². The van der Waals surface area contributed by atoms with Crippen molar-refractivity contribution in [3.05, 3.63) is 35.1 Å². The molecule has 18 heavy (non-hydrogen) atoms. The zero-order chi connectivity index (χ0) is 13.1. The zero-order valence-electron chi connectivity index (χ0n) is 10.5. The highest BCUT2D eigenvalue weighted by Crippen LogP contribution is 2.23. The third-order valence-electron chi connectivity index (χ3n) is 3.48. The van der Waals surface area contributed by atoms with Crippen molar-refractivity contribution in [3.63, 3.8) is 0 Å². The fourth-order valence-corrected chi connectivity index (χ4v) is 2.58. The Labute approximate surface area is 106 Å². The summed E-state index contributed by atoms with van der Waals surface area (Å²) in [5.41, 5.74) is 1.69. The molecule has 1 aliphatic rings. The summed E-state index contributed by atoms with van der Waals surface area (Å²) in [7, 11) is 0. The van der Waals surface area contributed by atoms with Gasteiger partial charge >= 0.3 is 5.97 Å². The summed E-state index contributed by atoms with van der Waals surface area (Å²) in [6, 6.07) is 5.11. The van der Waals surface area contributed by atoms with E-state index in [1.165, 1.54) is 6.07 Å². The third kappa shape index (κ3) is 3.07. The van der Waals surface area contributed by atoms with Crippen LogP contribution in [0.4, 0.5) is 4.39 Å². The first kappa shape index (κ1) is 13.0. The largest absolute Gasteiger partial charge is 0.481 e. The number of halogens is 1. The second kappa shape index (κ2) is 5.48. The number of aryl methyl sites for hydroxylation is 1. The Balaban J connectivity index is 2.08. The van der Waals surface area contributed by atoms with E-state index in [2.05, 4.69) is 4.90 Å². The van der Waals surface area contributed by atoms with Crippen LogP contribution in [0.3, 0.4) is 0 Å². The summed E-state index contributed by atoms with van der Waals surface area (Å²) in [6.45, 7) is 3.29. The average molecular weight is 251 g/mol. The van der Waals surface area contributed by atoms with Gasteiger partial charge in [0.1, 0.15) is 5.82 Å². The number of nitrogens with zero attached hydrogens (tertiary/aromatic N) is 1. The molecule has 0 amide bonds. The molecule has 98 valence electrons. The minimum Gasteiger partial charge on any atom is -0.481 e. The van der Waals surface area contributed by atoms with Gasteiger partial charge in [-0.2, -0.15) is 0 Å². The van der Waals surface area contributed by atoms with Crippen LogP contribution in [0.5, 0.6) is 0 Å². The Morgan fingerprint density at radius 3 is 3.06 bits per heavy atom. The molecule has 1 saturated heterocycles. The van der Waals surface area contributed by atoms with Gasteiger partial charge in [-0.05, 0) is 32.4 Å². The van der Waals surface area contributed by atoms with E-state index in [1.54, 1.807) is 6.07 Å². The summed E-state index contributed by atoms with van der Waals surface area (Å²) < 4.78 is 13.7. The quantitative estimate of drug-likeness (QED) is 0.894. The van der Waals surface area contributed by atoms with Crippen molar-refractivity contribution in [2.24, 2.45) is 0 Å². The maximum Gasteiger partial charge on any atom is 0.304 e. The summed E-state index contributed by atoms with van der Waals surface area (Å²) in [4.78, 5) is 12.8. The van der Waals surface area contributed by atoms with Gasteiger partial charge in [-0.3, -0.25) is 9.69 Å². The van der Waals surface area contributed by atoms with E-state index < -0.39 is 5.97 Å². The molecule has 1 aromatic rings. The molecule has 0 saturated carbocycles. The van der Waals surface area contributed by atoms with E-state index in [4.69, 9.17) is 5.11 Å². The average Bonchev–Trinajstić information content (AvgIpc) is 2.70. The first-order valence-electron chi connectivity index (χ1n) is 6.27. The molecule has 1 aliphatic heterocycles. The van der Waals surface area contributed by atoms with Crippen molar-refractivity contribution in [2.45, 2.75) is 38.8 Å². The van der Waals surface area contributed by atoms with Crippen LogP contribution in [0.15, 0.2) is 18.2 Å². The lowest BCUT2D eigenvalue weighted by Crippen LogP contribution is -2.31. The van der Waals surface area contributed by atoms with E-state index >= 15 is 0 Å². The zero-order valence-corrected chi connectivity index (χ0v) is 10.5. The fourth-order valence-electron chi connectivity index (χ4n) is 2.58. The fraction of sp³-hybridized carbons (Fsp3) is 0.500. The van der Waals surface area contributed by atoms with E-state index in [9.17, 15) is 9.18 Å². The number of carboxylic acids is 1. The SMILES string of the molecule is Cc1ccc(F)c(CN2CCCC2CC(=O)O)c1. The Morgan fingerprint density at radius 2 is 2.33 bits per heavy atom. The number of carboxylic acid groups (broad SMARTS) is 1. The van der Waals surface area contributed by atoms with Crippen molar-refractivity contribution in [3.8, 4) is 0 Å². The summed E-state index contributed by atoms with van der Waals surface area (Å²) in [5.74, 6) is -0.988. The van der Waals surface area contributed by atoms with Gasteiger partial charge in [0.2, 0.25) is 0 Å². The van der Waals surface area contributed by atoms with E-state index in [0.29, 0.717) is 12.1 Å². The molecular weight excluding hydrogens is 233 g/mol. The lowest BCUT2D eigenvalue weighted by atomic mass is 10.1. The van der Waals surface area contributed by atoms with Crippen LogP contribution in [0.2, 0.25) is 0 Å². The molecule has 0 bridgehead atoms. The predicted molar refractivity (Wildman–Crippen MR) is 66.8 cm³/mol. The van der Waals surface area contributed by atoms with Gasteiger partial charge in [-0.1, -0.05) is 17.7 Å². The number of benzene rings is 1. The topological polar surface area (TPSA) is 40.5 Å². The third-order valence-corrected chi connectivity index (χ3v) is 3.48. The first-order chi connectivity index (χ1) is 8.56. The molecule has 1 N–H and O–H groups in total. The molecule has 1 fully saturated rings.